The predicted octanol–water partition coefficient (Wildman–Crippen LogP) is 3.83. The molecule has 256 valence electrons. The number of hydrogen-bond acceptors (Lipinski definition) is 10. The summed E-state index contributed by atoms with van der Waals surface area (Å²) in [5.74, 6) is -1.27. The quantitative estimate of drug-likeness (QED) is 0.218. The van der Waals surface area contributed by atoms with Crippen molar-refractivity contribution in [1.82, 2.24) is 4.31 Å². The van der Waals surface area contributed by atoms with Crippen molar-refractivity contribution in [3.8, 4) is 17.2 Å². The predicted molar refractivity (Wildman–Crippen MR) is 178 cm³/mol. The van der Waals surface area contributed by atoms with Gasteiger partial charge in [-0.25, -0.2) is 21.6 Å². The van der Waals surface area contributed by atoms with Crippen LogP contribution in [-0.2, 0) is 40.8 Å². The Morgan fingerprint density at radius 2 is 1.54 bits per heavy atom. The molecule has 0 radical (unpaired) electrons. The molecule has 0 bridgehead atoms. The fourth-order valence-corrected chi connectivity index (χ4v) is 9.07. The maximum atomic E-state index is 13.8. The number of nitrogens with zero attached hydrogens (tertiary/aromatic N) is 2. The van der Waals surface area contributed by atoms with Crippen molar-refractivity contribution in [2.45, 2.75) is 35.5 Å². The van der Waals surface area contributed by atoms with Crippen LogP contribution in [0.15, 0.2) is 70.5 Å². The number of para-hydroxylation sites is 1. The minimum absolute atomic E-state index is 0.0173. The van der Waals surface area contributed by atoms with Crippen LogP contribution < -0.4 is 23.8 Å². The largest absolute Gasteiger partial charge is 0.495 e. The van der Waals surface area contributed by atoms with Gasteiger partial charge in [0.1, 0.15) is 15.5 Å². The third kappa shape index (κ3) is 7.27. The molecule has 13 nitrogen and oxygen atoms in total. The number of piperidine rings is 1. The first kappa shape index (κ1) is 34.7. The Kier molecular flexibility index (Phi) is 10.6. The molecule has 1 N–H and O–H groups in total. The van der Waals surface area contributed by atoms with E-state index < -0.39 is 38.5 Å². The lowest BCUT2D eigenvalue weighted by atomic mass is 10.2. The molecule has 0 atom stereocenters. The van der Waals surface area contributed by atoms with Crippen molar-refractivity contribution in [2.24, 2.45) is 0 Å². The molecule has 0 saturated carbocycles. The average molecular weight is 700 g/mol. The SMILES string of the molecule is COc1ccc(NC(=O)COC(=O)C=Cc2cc(OC)c(OC)c(S(=O)(=O)N3CCc4ccccc43)c2)cc1S(=O)(=O)N1CCCCC1. The number of fused-ring (bicyclic) bond motifs is 1. The maximum Gasteiger partial charge on any atom is 0.331 e. The number of hydrogen-bond donors (Lipinski definition) is 1. The van der Waals surface area contributed by atoms with Crippen molar-refractivity contribution in [3.63, 3.8) is 0 Å². The highest BCUT2D eigenvalue weighted by atomic mass is 32.2. The molecule has 2 aliphatic heterocycles. The van der Waals surface area contributed by atoms with Crippen molar-refractivity contribution in [2.75, 3.05) is 57.2 Å². The van der Waals surface area contributed by atoms with Crippen molar-refractivity contribution >= 4 is 49.4 Å². The van der Waals surface area contributed by atoms with Gasteiger partial charge in [-0.3, -0.25) is 9.10 Å². The average Bonchev–Trinajstić information content (AvgIpc) is 3.55. The van der Waals surface area contributed by atoms with E-state index in [9.17, 15) is 26.4 Å². The molecule has 0 aromatic heterocycles. The van der Waals surface area contributed by atoms with Crippen LogP contribution >= 0.6 is 0 Å². The fourth-order valence-electron chi connectivity index (χ4n) is 5.66. The van der Waals surface area contributed by atoms with Gasteiger partial charge in [-0.15, -0.1) is 0 Å². The standard InChI is InChI=1S/C33H37N3O10S2/c1-43-27-13-12-25(21-29(27)47(39,40)35-16-7-4-8-17-35)34-31(37)22-46-32(38)14-11-23-19-28(44-2)33(45-3)30(20-23)48(41,42)36-18-15-24-9-5-6-10-26(24)36/h5-6,9-14,19-21H,4,7-8,15-18,22H2,1-3H3,(H,34,37). The Balaban J connectivity index is 1.27. The van der Waals surface area contributed by atoms with E-state index >= 15 is 0 Å². The summed E-state index contributed by atoms with van der Waals surface area (Å²) in [6, 6.07) is 14.4. The monoisotopic (exact) mass is 699 g/mol. The summed E-state index contributed by atoms with van der Waals surface area (Å²) >= 11 is 0. The minimum Gasteiger partial charge on any atom is -0.495 e. The summed E-state index contributed by atoms with van der Waals surface area (Å²) in [6.45, 7) is 0.398. The van der Waals surface area contributed by atoms with Crippen molar-refractivity contribution in [3.05, 3.63) is 71.8 Å². The molecular weight excluding hydrogens is 663 g/mol. The Morgan fingerprint density at radius 1 is 0.812 bits per heavy atom. The van der Waals surface area contributed by atoms with E-state index in [0.717, 1.165) is 30.9 Å². The van der Waals surface area contributed by atoms with E-state index in [-0.39, 0.29) is 39.3 Å². The zero-order chi connectivity index (χ0) is 34.5. The van der Waals surface area contributed by atoms with Gasteiger partial charge < -0.3 is 24.3 Å². The second-order valence-electron chi connectivity index (χ2n) is 11.0. The Labute approximate surface area is 280 Å². The number of amides is 1. The normalized spacial score (nSPS) is 15.2. The summed E-state index contributed by atoms with van der Waals surface area (Å²) < 4.78 is 78.2. The van der Waals surface area contributed by atoms with Crippen LogP contribution in [0.5, 0.6) is 17.2 Å². The number of benzene rings is 3. The van der Waals surface area contributed by atoms with Gasteiger partial charge >= 0.3 is 5.97 Å². The molecule has 1 saturated heterocycles. The molecule has 5 rings (SSSR count). The van der Waals surface area contributed by atoms with Gasteiger partial charge in [0.2, 0.25) is 10.0 Å². The van der Waals surface area contributed by atoms with Crippen molar-refractivity contribution in [1.29, 1.82) is 0 Å². The summed E-state index contributed by atoms with van der Waals surface area (Å²) in [7, 11) is -3.87. The van der Waals surface area contributed by atoms with Gasteiger partial charge in [0, 0.05) is 31.4 Å². The molecule has 2 heterocycles. The molecule has 2 aliphatic rings. The number of rotatable bonds is 12. The van der Waals surface area contributed by atoms with E-state index in [4.69, 9.17) is 18.9 Å². The number of anilines is 2. The van der Waals surface area contributed by atoms with Gasteiger partial charge in [0.25, 0.3) is 15.9 Å². The Bertz CT molecular complexity index is 1940. The molecule has 0 aliphatic carbocycles. The first-order chi connectivity index (χ1) is 23.0. The molecular formula is C33H37N3O10S2. The molecule has 0 spiro atoms. The van der Waals surface area contributed by atoms with Gasteiger partial charge in [-0.1, -0.05) is 24.6 Å². The van der Waals surface area contributed by atoms with Gasteiger partial charge in [0.15, 0.2) is 18.1 Å². The number of ether oxygens (including phenoxy) is 4. The van der Waals surface area contributed by atoms with E-state index in [1.807, 2.05) is 12.1 Å². The van der Waals surface area contributed by atoms with E-state index in [0.29, 0.717) is 30.8 Å². The smallest absolute Gasteiger partial charge is 0.331 e. The Morgan fingerprint density at radius 3 is 2.25 bits per heavy atom. The van der Waals surface area contributed by atoms with E-state index in [1.54, 1.807) is 12.1 Å². The second-order valence-corrected chi connectivity index (χ2v) is 14.8. The summed E-state index contributed by atoms with van der Waals surface area (Å²) in [6.07, 6.45) is 5.42. The fraction of sp³-hybridized carbons (Fsp3) is 0.333. The van der Waals surface area contributed by atoms with E-state index in [2.05, 4.69) is 5.32 Å². The van der Waals surface area contributed by atoms with Crippen LogP contribution in [0.25, 0.3) is 6.08 Å². The number of esters is 1. The number of carbonyl (C=O) groups excluding carboxylic acids is 2. The number of sulfonamides is 2. The summed E-state index contributed by atoms with van der Waals surface area (Å²) in [4.78, 5) is 25.0. The molecule has 0 unspecified atom stereocenters. The lowest BCUT2D eigenvalue weighted by molar-refractivity contribution is -0.142. The molecule has 15 heteroatoms. The maximum absolute atomic E-state index is 13.8. The summed E-state index contributed by atoms with van der Waals surface area (Å²) in [5, 5.41) is 2.54. The first-order valence-electron chi connectivity index (χ1n) is 15.2. The van der Waals surface area contributed by atoms with Crippen LogP contribution in [0.1, 0.15) is 30.4 Å². The molecule has 1 amide bonds. The lowest BCUT2D eigenvalue weighted by Gasteiger charge is -2.26. The topological polar surface area (TPSA) is 158 Å². The van der Waals surface area contributed by atoms with Crippen LogP contribution in [-0.4, -0.2) is 80.6 Å². The highest BCUT2D eigenvalue weighted by Gasteiger charge is 2.34. The van der Waals surface area contributed by atoms with Crippen LogP contribution in [0, 0.1) is 0 Å². The third-order valence-corrected chi connectivity index (χ3v) is 11.8. The molecule has 3 aromatic carbocycles. The molecule has 3 aromatic rings. The van der Waals surface area contributed by atoms with Crippen LogP contribution in [0.4, 0.5) is 11.4 Å². The zero-order valence-corrected chi connectivity index (χ0v) is 28.4. The third-order valence-electron chi connectivity index (χ3n) is 8.02. The first-order valence-corrected chi connectivity index (χ1v) is 18.1. The van der Waals surface area contributed by atoms with Crippen LogP contribution in [0.3, 0.4) is 0 Å². The van der Waals surface area contributed by atoms with Gasteiger partial charge in [-0.2, -0.15) is 4.31 Å². The number of nitrogens with one attached hydrogen (secondary N) is 1. The van der Waals surface area contributed by atoms with E-state index in [1.165, 1.54) is 66.3 Å². The zero-order valence-electron chi connectivity index (χ0n) is 26.8. The molecule has 1 fully saturated rings. The number of methoxy groups -OCH3 is 3. The highest BCUT2D eigenvalue weighted by molar-refractivity contribution is 7.93. The van der Waals surface area contributed by atoms with Crippen molar-refractivity contribution < 1.29 is 45.4 Å². The lowest BCUT2D eigenvalue weighted by Crippen LogP contribution is -2.35. The number of carbonyl (C=O) groups is 2. The second kappa shape index (κ2) is 14.7. The van der Waals surface area contributed by atoms with Gasteiger partial charge in [0.05, 0.1) is 27.0 Å². The highest BCUT2D eigenvalue weighted by Crippen LogP contribution is 2.41. The molecule has 48 heavy (non-hydrogen) atoms. The Hall–Kier alpha value is -4.60. The minimum atomic E-state index is -4.09. The van der Waals surface area contributed by atoms with Gasteiger partial charge in [-0.05, 0) is 72.9 Å². The van der Waals surface area contributed by atoms with Crippen LogP contribution in [0.2, 0.25) is 0 Å². The summed E-state index contributed by atoms with van der Waals surface area (Å²) in [5.41, 5.74) is 1.98.